The summed E-state index contributed by atoms with van der Waals surface area (Å²) in [6.45, 7) is 5.82. The number of hydrogen-bond donors (Lipinski definition) is 1. The van der Waals surface area contributed by atoms with Crippen LogP contribution in [0.3, 0.4) is 0 Å². The van der Waals surface area contributed by atoms with Crippen LogP contribution in [-0.4, -0.2) is 51.9 Å². The van der Waals surface area contributed by atoms with Crippen LogP contribution in [0.2, 0.25) is 0 Å². The molecule has 0 spiro atoms. The Bertz CT molecular complexity index is 1150. The summed E-state index contributed by atoms with van der Waals surface area (Å²) >= 11 is 2.38. The zero-order valence-corrected chi connectivity index (χ0v) is 19.3. The largest absolute Gasteiger partial charge is 0.459 e. The van der Waals surface area contributed by atoms with Gasteiger partial charge in [0.25, 0.3) is 5.56 Å². The van der Waals surface area contributed by atoms with Crippen LogP contribution in [0.5, 0.6) is 0 Å². The number of fused-ring (bicyclic) bond motifs is 1. The van der Waals surface area contributed by atoms with Gasteiger partial charge in [-0.15, -0.1) is 21.5 Å². The number of carbonyl (C=O) groups is 2. The number of carbonyl (C=O) groups excluding carboxylic acids is 2. The first-order chi connectivity index (χ1) is 14.9. The van der Waals surface area contributed by atoms with Crippen LogP contribution in [-0.2, 0) is 20.7 Å². The molecule has 3 aromatic heterocycles. The zero-order chi connectivity index (χ0) is 22.5. The number of aromatic nitrogens is 4. The lowest BCUT2D eigenvalue weighted by atomic mass is 10.2. The molecule has 3 heterocycles. The monoisotopic (exact) mass is 465 g/mol. The second-order valence-corrected chi connectivity index (χ2v) is 8.65. The average molecular weight is 466 g/mol. The topological polar surface area (TPSA) is 125 Å². The number of thiophene rings is 1. The van der Waals surface area contributed by atoms with Crippen molar-refractivity contribution in [3.8, 4) is 0 Å². The van der Waals surface area contributed by atoms with Gasteiger partial charge in [0.1, 0.15) is 27.4 Å². The Morgan fingerprint density at radius 3 is 2.65 bits per heavy atom. The first-order valence-corrected chi connectivity index (χ1v) is 11.3. The van der Waals surface area contributed by atoms with Gasteiger partial charge in [-0.1, -0.05) is 25.2 Å². The third-order valence-electron chi connectivity index (χ3n) is 4.61. The summed E-state index contributed by atoms with van der Waals surface area (Å²) in [5, 5.41) is 12.2. The number of anilines is 1. The molecule has 31 heavy (non-hydrogen) atoms. The smallest absolute Gasteiger partial charge is 0.348 e. The van der Waals surface area contributed by atoms with Crippen LogP contribution in [0.25, 0.3) is 10.2 Å². The lowest BCUT2D eigenvalue weighted by Crippen LogP contribution is -2.33. The zero-order valence-electron chi connectivity index (χ0n) is 17.6. The number of nitrogens with zero attached hydrogens (tertiary/aromatic N) is 4. The van der Waals surface area contributed by atoms with Gasteiger partial charge >= 0.3 is 5.97 Å². The van der Waals surface area contributed by atoms with Gasteiger partial charge < -0.3 is 9.47 Å². The molecule has 0 aliphatic carbocycles. The highest BCUT2D eigenvalue weighted by molar-refractivity contribution is 7.20. The Morgan fingerprint density at radius 2 is 2.00 bits per heavy atom. The number of aryl methyl sites for hydroxylation is 2. The SMILES string of the molecule is CCc1nnc(NC(=O)C(CC)n2cnc3sc(C(=O)OCCOC)c(C)c3c2=O)s1. The van der Waals surface area contributed by atoms with E-state index in [1.54, 1.807) is 13.8 Å². The van der Waals surface area contributed by atoms with Crippen molar-refractivity contribution < 1.29 is 19.1 Å². The maximum atomic E-state index is 13.2. The normalized spacial score (nSPS) is 12.1. The molecule has 0 radical (unpaired) electrons. The fourth-order valence-electron chi connectivity index (χ4n) is 2.98. The van der Waals surface area contributed by atoms with Crippen LogP contribution < -0.4 is 10.9 Å². The molecule has 166 valence electrons. The second-order valence-electron chi connectivity index (χ2n) is 6.59. The molecule has 0 aromatic carbocycles. The average Bonchev–Trinajstić information content (AvgIpc) is 3.34. The van der Waals surface area contributed by atoms with E-state index in [1.165, 1.54) is 29.3 Å². The molecular weight excluding hydrogens is 442 g/mol. The Kier molecular flexibility index (Phi) is 7.46. The van der Waals surface area contributed by atoms with Crippen molar-refractivity contribution in [3.63, 3.8) is 0 Å². The number of rotatable bonds is 9. The minimum absolute atomic E-state index is 0.115. The third kappa shape index (κ3) is 4.81. The highest BCUT2D eigenvalue weighted by Gasteiger charge is 2.25. The van der Waals surface area contributed by atoms with E-state index in [4.69, 9.17) is 9.47 Å². The van der Waals surface area contributed by atoms with Gasteiger partial charge in [-0.3, -0.25) is 19.5 Å². The Morgan fingerprint density at radius 1 is 1.23 bits per heavy atom. The minimum Gasteiger partial charge on any atom is -0.459 e. The van der Waals surface area contributed by atoms with Crippen LogP contribution >= 0.6 is 22.7 Å². The van der Waals surface area contributed by atoms with Crippen molar-refractivity contribution in [2.24, 2.45) is 0 Å². The van der Waals surface area contributed by atoms with Crippen molar-refractivity contribution >= 4 is 49.9 Å². The molecule has 10 nitrogen and oxygen atoms in total. The van der Waals surface area contributed by atoms with Crippen molar-refractivity contribution in [3.05, 3.63) is 32.1 Å². The number of nitrogens with one attached hydrogen (secondary N) is 1. The predicted molar refractivity (Wildman–Crippen MR) is 118 cm³/mol. The molecular formula is C19H23N5O5S2. The first-order valence-electron chi connectivity index (χ1n) is 9.70. The molecule has 3 rings (SSSR count). The number of esters is 1. The quantitative estimate of drug-likeness (QED) is 0.378. The number of ether oxygens (including phenoxy) is 2. The van der Waals surface area contributed by atoms with E-state index < -0.39 is 12.0 Å². The minimum atomic E-state index is -0.783. The van der Waals surface area contributed by atoms with E-state index in [2.05, 4.69) is 20.5 Å². The maximum absolute atomic E-state index is 13.2. The number of methoxy groups -OCH3 is 1. The van der Waals surface area contributed by atoms with E-state index in [0.29, 0.717) is 32.2 Å². The molecule has 0 aliphatic heterocycles. The van der Waals surface area contributed by atoms with Gasteiger partial charge in [0, 0.05) is 7.11 Å². The molecule has 0 aliphatic rings. The van der Waals surface area contributed by atoms with E-state index in [-0.39, 0.29) is 24.7 Å². The molecule has 0 saturated heterocycles. The fraction of sp³-hybridized carbons (Fsp3) is 0.474. The lowest BCUT2D eigenvalue weighted by molar-refractivity contribution is -0.119. The van der Waals surface area contributed by atoms with Gasteiger partial charge in [0.15, 0.2) is 0 Å². The summed E-state index contributed by atoms with van der Waals surface area (Å²) in [4.78, 5) is 43.4. The molecule has 0 fully saturated rings. The van der Waals surface area contributed by atoms with Crippen LogP contribution in [0.15, 0.2) is 11.1 Å². The van der Waals surface area contributed by atoms with Gasteiger partial charge in [0.2, 0.25) is 11.0 Å². The molecule has 1 N–H and O–H groups in total. The number of amides is 1. The third-order valence-corrected chi connectivity index (χ3v) is 6.77. The summed E-state index contributed by atoms with van der Waals surface area (Å²) in [6, 6.07) is -0.783. The van der Waals surface area contributed by atoms with Gasteiger partial charge in [-0.2, -0.15) is 0 Å². The highest BCUT2D eigenvalue weighted by Crippen LogP contribution is 2.28. The second kappa shape index (κ2) is 10.1. The maximum Gasteiger partial charge on any atom is 0.348 e. The molecule has 1 amide bonds. The first kappa shape index (κ1) is 23.0. The molecule has 0 bridgehead atoms. The molecule has 12 heteroatoms. The van der Waals surface area contributed by atoms with E-state index >= 15 is 0 Å². The van der Waals surface area contributed by atoms with E-state index in [1.807, 2.05) is 6.92 Å². The highest BCUT2D eigenvalue weighted by atomic mass is 32.1. The Hall–Kier alpha value is -2.70. The van der Waals surface area contributed by atoms with Crippen LogP contribution in [0, 0.1) is 6.92 Å². The molecule has 1 atom stereocenters. The van der Waals surface area contributed by atoms with Gasteiger partial charge in [-0.05, 0) is 25.3 Å². The van der Waals surface area contributed by atoms with Crippen molar-refractivity contribution in [1.29, 1.82) is 0 Å². The standard InChI is InChI=1S/C19H23N5O5S2/c1-5-11(15(25)21-19-23-22-12(6-2)30-19)24-9-20-16-13(17(24)26)10(3)14(31-16)18(27)29-8-7-28-4/h9,11H,5-8H2,1-4H3,(H,21,23,25). The summed E-state index contributed by atoms with van der Waals surface area (Å²) in [6.07, 6.45) is 2.43. The van der Waals surface area contributed by atoms with E-state index in [9.17, 15) is 14.4 Å². The van der Waals surface area contributed by atoms with Gasteiger partial charge in [-0.25, -0.2) is 9.78 Å². The molecule has 0 saturated carbocycles. The summed E-state index contributed by atoms with van der Waals surface area (Å²) in [7, 11) is 1.51. The Balaban J connectivity index is 1.91. The van der Waals surface area contributed by atoms with Crippen LogP contribution in [0.1, 0.15) is 46.6 Å². The number of hydrogen-bond acceptors (Lipinski definition) is 10. The van der Waals surface area contributed by atoms with Gasteiger partial charge in [0.05, 0.1) is 18.3 Å². The summed E-state index contributed by atoms with van der Waals surface area (Å²) in [5.74, 6) is -0.909. The van der Waals surface area contributed by atoms with E-state index in [0.717, 1.165) is 22.8 Å². The molecule has 3 aromatic rings. The summed E-state index contributed by atoms with van der Waals surface area (Å²) in [5.41, 5.74) is 0.101. The summed E-state index contributed by atoms with van der Waals surface area (Å²) < 4.78 is 11.3. The Labute approximate surface area is 186 Å². The van der Waals surface area contributed by atoms with Crippen molar-refractivity contribution in [2.45, 2.75) is 39.7 Å². The lowest BCUT2D eigenvalue weighted by Gasteiger charge is -2.16. The molecule has 1 unspecified atom stereocenters. The van der Waals surface area contributed by atoms with Crippen molar-refractivity contribution in [1.82, 2.24) is 19.7 Å². The fourth-order valence-corrected chi connectivity index (χ4v) is 4.70. The van der Waals surface area contributed by atoms with Crippen molar-refractivity contribution in [2.75, 3.05) is 25.6 Å². The predicted octanol–water partition coefficient (Wildman–Crippen LogP) is 2.57. The van der Waals surface area contributed by atoms with Crippen LogP contribution in [0.4, 0.5) is 5.13 Å².